The molecule has 0 aliphatic heterocycles. The number of benzene rings is 1. The van der Waals surface area contributed by atoms with Crippen molar-refractivity contribution in [3.8, 4) is 11.5 Å². The van der Waals surface area contributed by atoms with Gasteiger partial charge in [-0.3, -0.25) is 4.79 Å². The third-order valence-corrected chi connectivity index (χ3v) is 7.02. The van der Waals surface area contributed by atoms with E-state index in [1.807, 2.05) is 18.2 Å². The van der Waals surface area contributed by atoms with Crippen molar-refractivity contribution in [3.63, 3.8) is 0 Å². The van der Waals surface area contributed by atoms with Crippen LogP contribution in [0.4, 0.5) is 0 Å². The minimum atomic E-state index is -1.11. The molecular formula is C26H38O6. The fourth-order valence-corrected chi connectivity index (χ4v) is 5.27. The molecule has 0 bridgehead atoms. The van der Waals surface area contributed by atoms with E-state index in [0.717, 1.165) is 30.4 Å². The summed E-state index contributed by atoms with van der Waals surface area (Å²) in [5.41, 5.74) is 2.40. The van der Waals surface area contributed by atoms with Crippen molar-refractivity contribution in [1.29, 1.82) is 0 Å². The molecule has 0 N–H and O–H groups in total. The van der Waals surface area contributed by atoms with Gasteiger partial charge in [0.1, 0.15) is 0 Å². The first-order chi connectivity index (χ1) is 15.0. The Morgan fingerprint density at radius 2 is 1.66 bits per heavy atom. The summed E-state index contributed by atoms with van der Waals surface area (Å²) in [4.78, 5) is 13.2. The summed E-state index contributed by atoms with van der Waals surface area (Å²) >= 11 is 0. The van der Waals surface area contributed by atoms with Gasteiger partial charge in [-0.1, -0.05) is 12.5 Å². The number of hydrogen-bond donors (Lipinski definition) is 0. The van der Waals surface area contributed by atoms with Crippen LogP contribution < -0.4 is 9.47 Å². The minimum Gasteiger partial charge on any atom is -0.493 e. The van der Waals surface area contributed by atoms with Gasteiger partial charge in [-0.2, -0.15) is 0 Å². The van der Waals surface area contributed by atoms with Crippen LogP contribution in [0.25, 0.3) is 0 Å². The smallest absolute Gasteiger partial charge is 0.198 e. The van der Waals surface area contributed by atoms with E-state index >= 15 is 0 Å². The van der Waals surface area contributed by atoms with Crippen LogP contribution in [0.2, 0.25) is 0 Å². The molecule has 6 heteroatoms. The summed E-state index contributed by atoms with van der Waals surface area (Å²) in [6, 6.07) is 5.57. The number of fused-ring (bicyclic) bond motifs is 1. The Bertz CT molecular complexity index is 877. The van der Waals surface area contributed by atoms with E-state index in [4.69, 9.17) is 23.7 Å². The highest BCUT2D eigenvalue weighted by molar-refractivity contribution is 5.97. The van der Waals surface area contributed by atoms with Crippen LogP contribution >= 0.6 is 0 Å². The molecule has 1 saturated carbocycles. The van der Waals surface area contributed by atoms with Crippen LogP contribution in [0.15, 0.2) is 29.3 Å². The van der Waals surface area contributed by atoms with E-state index in [2.05, 4.69) is 27.7 Å². The van der Waals surface area contributed by atoms with Crippen LogP contribution in [0.3, 0.4) is 0 Å². The van der Waals surface area contributed by atoms with Gasteiger partial charge in [-0.15, -0.1) is 0 Å². The number of hydrogen-bond acceptors (Lipinski definition) is 6. The molecule has 0 spiro atoms. The number of rotatable bonds is 8. The molecule has 0 heterocycles. The fourth-order valence-electron chi connectivity index (χ4n) is 5.27. The van der Waals surface area contributed by atoms with Crippen LogP contribution in [0.1, 0.15) is 65.4 Å². The number of ether oxygens (including phenoxy) is 5. The second-order valence-corrected chi connectivity index (χ2v) is 9.96. The molecule has 0 radical (unpaired) electrons. The number of ketones is 1. The first-order valence-electron chi connectivity index (χ1n) is 11.3. The first kappa shape index (κ1) is 24.7. The summed E-state index contributed by atoms with van der Waals surface area (Å²) in [6.07, 6.45) is 3.53. The molecule has 2 atom stereocenters. The lowest BCUT2D eigenvalue weighted by Gasteiger charge is -2.41. The molecule has 0 amide bonds. The van der Waals surface area contributed by atoms with E-state index in [-0.39, 0.29) is 22.9 Å². The normalized spacial score (nSPS) is 24.0. The van der Waals surface area contributed by atoms with Crippen molar-refractivity contribution in [2.45, 2.75) is 77.3 Å². The van der Waals surface area contributed by atoms with Gasteiger partial charge in [0.15, 0.2) is 23.1 Å². The lowest BCUT2D eigenvalue weighted by atomic mass is 9.69. The zero-order valence-electron chi connectivity index (χ0n) is 20.8. The molecule has 6 nitrogen and oxygen atoms in total. The second-order valence-electron chi connectivity index (χ2n) is 9.96. The monoisotopic (exact) mass is 446 g/mol. The third kappa shape index (κ3) is 4.45. The molecule has 3 rings (SSSR count). The average Bonchev–Trinajstić information content (AvgIpc) is 3.08. The first-order valence-corrected chi connectivity index (χ1v) is 11.3. The predicted octanol–water partition coefficient (Wildman–Crippen LogP) is 5.18. The topological polar surface area (TPSA) is 63.2 Å². The Labute approximate surface area is 192 Å². The van der Waals surface area contributed by atoms with Crippen LogP contribution in [-0.2, 0) is 24.8 Å². The second kappa shape index (κ2) is 9.16. The van der Waals surface area contributed by atoms with Gasteiger partial charge in [0.25, 0.3) is 0 Å². The van der Waals surface area contributed by atoms with Gasteiger partial charge in [-0.25, -0.2) is 0 Å². The molecular weight excluding hydrogens is 408 g/mol. The van der Waals surface area contributed by atoms with E-state index < -0.39 is 5.79 Å². The highest BCUT2D eigenvalue weighted by Crippen LogP contribution is 2.54. The Hall–Kier alpha value is -1.89. The van der Waals surface area contributed by atoms with Crippen molar-refractivity contribution < 1.29 is 28.5 Å². The van der Waals surface area contributed by atoms with Crippen molar-refractivity contribution in [2.75, 3.05) is 28.4 Å². The number of methoxy groups -OCH3 is 4. The van der Waals surface area contributed by atoms with Crippen LogP contribution in [0, 0.1) is 5.41 Å². The molecule has 1 aromatic rings. The van der Waals surface area contributed by atoms with Crippen molar-refractivity contribution in [1.82, 2.24) is 0 Å². The standard InChI is InChI=1S/C26H38O6/c1-24(2,3)32-23-12-10-19-18(20(27)13-14-25(19,23)4)16-26(30-7,31-8)17-9-11-21(28-5)22(15-17)29-6/h9,11,15,23H,10,12-14,16H2,1-8H3/t23-,25-/m0/s1. The Morgan fingerprint density at radius 1 is 1.00 bits per heavy atom. The molecule has 2 aliphatic rings. The molecule has 2 aliphatic carbocycles. The van der Waals surface area contributed by atoms with Gasteiger partial charge < -0.3 is 23.7 Å². The summed E-state index contributed by atoms with van der Waals surface area (Å²) in [7, 11) is 6.41. The summed E-state index contributed by atoms with van der Waals surface area (Å²) < 4.78 is 29.2. The SMILES string of the molecule is COc1ccc(C(CC2=C3CC[C@H](OC(C)(C)C)[C@@]3(C)CCC2=O)(OC)OC)cc1OC. The summed E-state index contributed by atoms with van der Waals surface area (Å²) in [5.74, 6) is 0.269. The van der Waals surface area contributed by atoms with Gasteiger partial charge in [0.2, 0.25) is 0 Å². The molecule has 0 aromatic heterocycles. The molecule has 0 saturated heterocycles. The Kier molecular flexibility index (Phi) is 7.08. The van der Waals surface area contributed by atoms with E-state index in [1.165, 1.54) is 5.57 Å². The molecule has 178 valence electrons. The van der Waals surface area contributed by atoms with E-state index in [1.54, 1.807) is 28.4 Å². The predicted molar refractivity (Wildman–Crippen MR) is 123 cm³/mol. The van der Waals surface area contributed by atoms with Crippen molar-refractivity contribution >= 4 is 5.78 Å². The number of carbonyl (C=O) groups is 1. The van der Waals surface area contributed by atoms with Gasteiger partial charge in [-0.05, 0) is 58.2 Å². The van der Waals surface area contributed by atoms with E-state index in [0.29, 0.717) is 24.3 Å². The largest absolute Gasteiger partial charge is 0.493 e. The van der Waals surface area contributed by atoms with Crippen molar-refractivity contribution in [2.24, 2.45) is 5.41 Å². The van der Waals surface area contributed by atoms with Crippen molar-refractivity contribution in [3.05, 3.63) is 34.9 Å². The van der Waals surface area contributed by atoms with E-state index in [9.17, 15) is 4.79 Å². The Balaban J connectivity index is 2.04. The minimum absolute atomic E-state index is 0.0983. The fraction of sp³-hybridized carbons (Fsp3) is 0.654. The zero-order valence-corrected chi connectivity index (χ0v) is 20.8. The Morgan fingerprint density at radius 3 is 2.22 bits per heavy atom. The highest BCUT2D eigenvalue weighted by Gasteiger charge is 2.50. The van der Waals surface area contributed by atoms with Crippen LogP contribution in [0.5, 0.6) is 11.5 Å². The van der Waals surface area contributed by atoms with Gasteiger partial charge >= 0.3 is 0 Å². The number of Topliss-reactive ketones (excluding diaryl/α,β-unsaturated/α-hetero) is 1. The third-order valence-electron chi connectivity index (χ3n) is 7.02. The zero-order chi connectivity index (χ0) is 23.7. The van der Waals surface area contributed by atoms with Gasteiger partial charge in [0.05, 0.1) is 25.9 Å². The summed E-state index contributed by atoms with van der Waals surface area (Å²) in [6.45, 7) is 8.51. The maximum absolute atomic E-state index is 13.2. The lowest BCUT2D eigenvalue weighted by Crippen LogP contribution is -2.41. The maximum Gasteiger partial charge on any atom is 0.198 e. The van der Waals surface area contributed by atoms with Gasteiger partial charge in [0, 0.05) is 43.6 Å². The molecule has 1 fully saturated rings. The molecule has 0 unspecified atom stereocenters. The molecule has 32 heavy (non-hydrogen) atoms. The number of carbonyl (C=O) groups excluding carboxylic acids is 1. The average molecular weight is 447 g/mol. The maximum atomic E-state index is 13.2. The molecule has 1 aromatic carbocycles. The summed E-state index contributed by atoms with van der Waals surface area (Å²) in [5, 5.41) is 0. The van der Waals surface area contributed by atoms with Crippen LogP contribution in [-0.4, -0.2) is 45.9 Å². The highest BCUT2D eigenvalue weighted by atomic mass is 16.7. The quantitative estimate of drug-likeness (QED) is 0.513. The lowest BCUT2D eigenvalue weighted by molar-refractivity contribution is -0.215.